The molecule has 0 radical (unpaired) electrons. The van der Waals surface area contributed by atoms with E-state index in [1.54, 1.807) is 24.5 Å². The Labute approximate surface area is 138 Å². The number of anilines is 2. The van der Waals surface area contributed by atoms with Gasteiger partial charge in [0.25, 0.3) is 0 Å². The van der Waals surface area contributed by atoms with Gasteiger partial charge in [-0.2, -0.15) is 22.3 Å². The summed E-state index contributed by atoms with van der Waals surface area (Å²) in [5.74, 6) is 2.69. The highest BCUT2D eigenvalue weighted by Crippen LogP contribution is 2.35. The van der Waals surface area contributed by atoms with Crippen molar-refractivity contribution in [3.05, 3.63) is 35.7 Å². The first-order valence-corrected chi connectivity index (χ1v) is 8.28. The SMILES string of the molecule is N#Cc1c(N)nc(N2CCSCC2)c(C#N)c1-c1ccncc1. The van der Waals surface area contributed by atoms with E-state index in [4.69, 9.17) is 5.73 Å². The first kappa shape index (κ1) is 15.1. The van der Waals surface area contributed by atoms with Crippen LogP contribution in [0.2, 0.25) is 0 Å². The average molecular weight is 322 g/mol. The molecule has 0 unspecified atom stereocenters. The molecule has 0 spiro atoms. The topological polar surface area (TPSA) is 103 Å². The number of rotatable bonds is 2. The Bertz CT molecular complexity index is 800. The summed E-state index contributed by atoms with van der Waals surface area (Å²) < 4.78 is 0. The van der Waals surface area contributed by atoms with E-state index in [9.17, 15) is 10.5 Å². The zero-order valence-electron chi connectivity index (χ0n) is 12.4. The Morgan fingerprint density at radius 2 is 1.74 bits per heavy atom. The van der Waals surface area contributed by atoms with Gasteiger partial charge in [-0.3, -0.25) is 4.98 Å². The van der Waals surface area contributed by atoms with Gasteiger partial charge in [0.05, 0.1) is 0 Å². The quantitative estimate of drug-likeness (QED) is 0.902. The number of nitrogens with zero attached hydrogens (tertiary/aromatic N) is 5. The van der Waals surface area contributed by atoms with Crippen molar-refractivity contribution < 1.29 is 0 Å². The number of aromatic nitrogens is 2. The zero-order valence-corrected chi connectivity index (χ0v) is 13.2. The number of nitrogen functional groups attached to an aromatic ring is 1. The summed E-state index contributed by atoms with van der Waals surface area (Å²) in [7, 11) is 0. The van der Waals surface area contributed by atoms with Gasteiger partial charge in [-0.05, 0) is 17.7 Å². The van der Waals surface area contributed by atoms with Crippen LogP contribution in [0.5, 0.6) is 0 Å². The van der Waals surface area contributed by atoms with Crippen LogP contribution in [0.3, 0.4) is 0 Å². The standard InChI is InChI=1S/C16H14N6S/c17-9-12-14(11-1-3-20-4-2-11)13(10-18)16(21-15(12)19)22-5-7-23-8-6-22/h1-4H,5-8H2,(H2,19,21). The molecule has 6 nitrogen and oxygen atoms in total. The Morgan fingerprint density at radius 1 is 1.09 bits per heavy atom. The van der Waals surface area contributed by atoms with Gasteiger partial charge in [-0.25, -0.2) is 4.98 Å². The lowest BCUT2D eigenvalue weighted by Gasteiger charge is -2.29. The third-order valence-electron chi connectivity index (χ3n) is 3.71. The summed E-state index contributed by atoms with van der Waals surface area (Å²) in [6.45, 7) is 1.63. The Balaban J connectivity index is 2.26. The fraction of sp³-hybridized carbons (Fsp3) is 0.250. The molecule has 1 fully saturated rings. The monoisotopic (exact) mass is 322 g/mol. The van der Waals surface area contributed by atoms with Crippen molar-refractivity contribution >= 4 is 23.4 Å². The molecular formula is C16H14N6S. The van der Waals surface area contributed by atoms with E-state index in [0.29, 0.717) is 16.9 Å². The fourth-order valence-electron chi connectivity index (χ4n) is 2.62. The normalized spacial score (nSPS) is 14.1. The Hall–Kier alpha value is -2.77. The number of pyridine rings is 2. The van der Waals surface area contributed by atoms with Gasteiger partial charge >= 0.3 is 0 Å². The Morgan fingerprint density at radius 3 is 2.35 bits per heavy atom. The molecule has 7 heteroatoms. The highest BCUT2D eigenvalue weighted by molar-refractivity contribution is 7.99. The van der Waals surface area contributed by atoms with Crippen molar-refractivity contribution in [2.24, 2.45) is 0 Å². The van der Waals surface area contributed by atoms with E-state index in [0.717, 1.165) is 30.2 Å². The van der Waals surface area contributed by atoms with Crippen molar-refractivity contribution in [2.75, 3.05) is 35.2 Å². The minimum Gasteiger partial charge on any atom is -0.383 e. The highest BCUT2D eigenvalue weighted by Gasteiger charge is 2.24. The van der Waals surface area contributed by atoms with E-state index in [1.807, 2.05) is 11.8 Å². The molecule has 1 aliphatic heterocycles. The summed E-state index contributed by atoms with van der Waals surface area (Å²) in [6.07, 6.45) is 3.26. The first-order chi connectivity index (χ1) is 11.3. The maximum Gasteiger partial charge on any atom is 0.149 e. The first-order valence-electron chi connectivity index (χ1n) is 7.13. The van der Waals surface area contributed by atoms with Crippen LogP contribution in [-0.2, 0) is 0 Å². The molecular weight excluding hydrogens is 308 g/mol. The third-order valence-corrected chi connectivity index (χ3v) is 4.65. The van der Waals surface area contributed by atoms with Gasteiger partial charge in [-0.1, -0.05) is 0 Å². The summed E-state index contributed by atoms with van der Waals surface area (Å²) in [5.41, 5.74) is 7.93. The molecule has 1 aliphatic rings. The lowest BCUT2D eigenvalue weighted by atomic mass is 9.96. The number of hydrogen-bond donors (Lipinski definition) is 1. The van der Waals surface area contributed by atoms with Crippen LogP contribution in [-0.4, -0.2) is 34.6 Å². The predicted octanol–water partition coefficient (Wildman–Crippen LogP) is 2.02. The van der Waals surface area contributed by atoms with Crippen LogP contribution < -0.4 is 10.6 Å². The maximum absolute atomic E-state index is 9.71. The fourth-order valence-corrected chi connectivity index (χ4v) is 3.52. The molecule has 0 amide bonds. The average Bonchev–Trinajstić information content (AvgIpc) is 2.62. The van der Waals surface area contributed by atoms with Crippen LogP contribution in [0.25, 0.3) is 11.1 Å². The molecule has 3 rings (SSSR count). The van der Waals surface area contributed by atoms with E-state index >= 15 is 0 Å². The van der Waals surface area contributed by atoms with Crippen molar-refractivity contribution in [3.63, 3.8) is 0 Å². The van der Waals surface area contributed by atoms with Gasteiger partial charge in [0.2, 0.25) is 0 Å². The van der Waals surface area contributed by atoms with Crippen LogP contribution >= 0.6 is 11.8 Å². The molecule has 2 aromatic rings. The minimum atomic E-state index is 0.159. The molecule has 114 valence electrons. The summed E-state index contributed by atoms with van der Waals surface area (Å²) in [4.78, 5) is 10.4. The number of nitriles is 2. The van der Waals surface area contributed by atoms with Crippen LogP contribution in [0.4, 0.5) is 11.6 Å². The van der Waals surface area contributed by atoms with E-state index in [2.05, 4.69) is 27.0 Å². The number of hydrogen-bond acceptors (Lipinski definition) is 7. The maximum atomic E-state index is 9.71. The molecule has 2 N–H and O–H groups in total. The van der Waals surface area contributed by atoms with Crippen LogP contribution in [0.1, 0.15) is 11.1 Å². The molecule has 23 heavy (non-hydrogen) atoms. The van der Waals surface area contributed by atoms with E-state index < -0.39 is 0 Å². The lowest BCUT2D eigenvalue weighted by Crippen LogP contribution is -2.34. The van der Waals surface area contributed by atoms with Crippen molar-refractivity contribution in [1.29, 1.82) is 10.5 Å². The van der Waals surface area contributed by atoms with Crippen LogP contribution in [0.15, 0.2) is 24.5 Å². The van der Waals surface area contributed by atoms with Crippen molar-refractivity contribution in [1.82, 2.24) is 9.97 Å². The molecule has 0 bridgehead atoms. The lowest BCUT2D eigenvalue weighted by molar-refractivity contribution is 0.838. The summed E-state index contributed by atoms with van der Waals surface area (Å²) in [6, 6.07) is 7.85. The number of thioether (sulfide) groups is 1. The van der Waals surface area contributed by atoms with Gasteiger partial charge in [0.1, 0.15) is 34.9 Å². The molecule has 2 aromatic heterocycles. The van der Waals surface area contributed by atoms with E-state index in [-0.39, 0.29) is 11.4 Å². The smallest absolute Gasteiger partial charge is 0.149 e. The molecule has 0 saturated carbocycles. The second-order valence-corrected chi connectivity index (χ2v) is 6.23. The third kappa shape index (κ3) is 2.79. The Kier molecular flexibility index (Phi) is 4.31. The zero-order chi connectivity index (χ0) is 16.2. The highest BCUT2D eigenvalue weighted by atomic mass is 32.2. The van der Waals surface area contributed by atoms with E-state index in [1.165, 1.54) is 0 Å². The van der Waals surface area contributed by atoms with Gasteiger partial charge in [0, 0.05) is 42.6 Å². The summed E-state index contributed by atoms with van der Waals surface area (Å²) >= 11 is 1.88. The molecule has 1 saturated heterocycles. The molecule has 3 heterocycles. The molecule has 0 aromatic carbocycles. The van der Waals surface area contributed by atoms with Crippen LogP contribution in [0, 0.1) is 22.7 Å². The second kappa shape index (κ2) is 6.55. The van der Waals surface area contributed by atoms with Gasteiger partial charge < -0.3 is 10.6 Å². The molecule has 0 atom stereocenters. The van der Waals surface area contributed by atoms with Crippen molar-refractivity contribution in [3.8, 4) is 23.3 Å². The second-order valence-electron chi connectivity index (χ2n) is 5.00. The number of nitrogens with two attached hydrogens (primary N) is 1. The largest absolute Gasteiger partial charge is 0.383 e. The van der Waals surface area contributed by atoms with Gasteiger partial charge in [0.15, 0.2) is 0 Å². The molecule has 0 aliphatic carbocycles. The predicted molar refractivity (Wildman–Crippen MR) is 90.8 cm³/mol. The van der Waals surface area contributed by atoms with Gasteiger partial charge in [-0.15, -0.1) is 0 Å². The minimum absolute atomic E-state index is 0.159. The summed E-state index contributed by atoms with van der Waals surface area (Å²) in [5, 5.41) is 19.2. The van der Waals surface area contributed by atoms with Crippen molar-refractivity contribution in [2.45, 2.75) is 0 Å².